The number of aliphatic imine (C=N–C) groups is 1. The molecule has 4 atom stereocenters. The van der Waals surface area contributed by atoms with Gasteiger partial charge in [0.05, 0.1) is 35.5 Å². The van der Waals surface area contributed by atoms with E-state index >= 15 is 0 Å². The Labute approximate surface area is 229 Å². The molecule has 2 aromatic carbocycles. The second kappa shape index (κ2) is 12.3. The predicted molar refractivity (Wildman–Crippen MR) is 139 cm³/mol. The van der Waals surface area contributed by atoms with Crippen LogP contribution in [0.2, 0.25) is 0 Å². The van der Waals surface area contributed by atoms with E-state index in [4.69, 9.17) is 0 Å². The van der Waals surface area contributed by atoms with Crippen molar-refractivity contribution in [2.24, 2.45) is 4.99 Å². The van der Waals surface area contributed by atoms with Crippen molar-refractivity contribution < 1.29 is 40.2 Å². The standard InChI is InChI=1S/C27H30F5N3O4S/c1-2-40(37,38)23-10-6-19(7-11-23)24(16-36)34-13-3-12-33-26(34)35-15-20(14-22(35)17-39-25(28)29)18-4-8-21(9-5-18)27(30,31)32/h3-13,20,22,24-26,36H,2,14-17H2,1H3/t20?,22-,24-,26?/m0/s1. The quantitative estimate of drug-likeness (QED) is 0.402. The summed E-state index contributed by atoms with van der Waals surface area (Å²) in [6, 6.07) is 9.75. The van der Waals surface area contributed by atoms with Crippen molar-refractivity contribution in [1.82, 2.24) is 9.80 Å². The van der Waals surface area contributed by atoms with Gasteiger partial charge in [-0.3, -0.25) is 9.89 Å². The van der Waals surface area contributed by atoms with Crippen LogP contribution in [0.4, 0.5) is 22.0 Å². The summed E-state index contributed by atoms with van der Waals surface area (Å²) in [5.74, 6) is -0.332. The third-order valence-electron chi connectivity index (χ3n) is 7.24. The highest BCUT2D eigenvalue weighted by atomic mass is 32.2. The van der Waals surface area contributed by atoms with Crippen LogP contribution in [0.15, 0.2) is 70.7 Å². The lowest BCUT2D eigenvalue weighted by molar-refractivity contribution is -0.143. The van der Waals surface area contributed by atoms with Gasteiger partial charge in [-0.25, -0.2) is 8.42 Å². The van der Waals surface area contributed by atoms with E-state index in [-0.39, 0.29) is 29.8 Å². The molecule has 218 valence electrons. The number of likely N-dealkylation sites (tertiary alicyclic amines) is 1. The van der Waals surface area contributed by atoms with E-state index in [0.717, 1.165) is 12.1 Å². The number of sulfone groups is 1. The summed E-state index contributed by atoms with van der Waals surface area (Å²) in [4.78, 5) is 8.29. The highest BCUT2D eigenvalue weighted by molar-refractivity contribution is 7.91. The molecule has 0 saturated carbocycles. The Hall–Kier alpha value is -2.87. The van der Waals surface area contributed by atoms with Crippen molar-refractivity contribution in [2.45, 2.75) is 55.3 Å². The van der Waals surface area contributed by atoms with Crippen LogP contribution in [-0.4, -0.2) is 74.0 Å². The zero-order chi connectivity index (χ0) is 29.1. The van der Waals surface area contributed by atoms with Gasteiger partial charge in [-0.1, -0.05) is 31.2 Å². The van der Waals surface area contributed by atoms with Gasteiger partial charge in [0, 0.05) is 25.0 Å². The number of ether oxygens (including phenoxy) is 1. The molecule has 0 radical (unpaired) electrons. The molecule has 2 aliphatic heterocycles. The normalized spacial score (nSPS) is 22.8. The van der Waals surface area contributed by atoms with E-state index in [1.807, 2.05) is 4.90 Å². The highest BCUT2D eigenvalue weighted by Crippen LogP contribution is 2.38. The lowest BCUT2D eigenvalue weighted by Crippen LogP contribution is -2.51. The van der Waals surface area contributed by atoms with Crippen LogP contribution in [0.5, 0.6) is 0 Å². The Balaban J connectivity index is 1.61. The SMILES string of the molecule is CCS(=O)(=O)c1ccc([C@H](CO)N2C=CC=NC2N2CC(c3ccc(C(F)(F)F)cc3)C[C@H]2COC(F)F)cc1. The molecule has 2 heterocycles. The van der Waals surface area contributed by atoms with Gasteiger partial charge < -0.3 is 14.7 Å². The first kappa shape index (κ1) is 30.1. The first-order valence-electron chi connectivity index (χ1n) is 12.7. The third-order valence-corrected chi connectivity index (χ3v) is 9.00. The number of hydrogen-bond donors (Lipinski definition) is 1. The molecule has 1 N–H and O–H groups in total. The maximum absolute atomic E-state index is 13.1. The van der Waals surface area contributed by atoms with Crippen molar-refractivity contribution >= 4 is 16.1 Å². The molecule has 7 nitrogen and oxygen atoms in total. The second-order valence-electron chi connectivity index (χ2n) is 9.60. The summed E-state index contributed by atoms with van der Waals surface area (Å²) in [6.07, 6.45) is 0.0230. The average Bonchev–Trinajstić information content (AvgIpc) is 3.36. The minimum absolute atomic E-state index is 0.0570. The number of rotatable bonds is 10. The Morgan fingerprint density at radius 2 is 1.77 bits per heavy atom. The summed E-state index contributed by atoms with van der Waals surface area (Å²) in [7, 11) is -3.42. The molecule has 13 heteroatoms. The largest absolute Gasteiger partial charge is 0.416 e. The molecule has 1 saturated heterocycles. The fraction of sp³-hybridized carbons (Fsp3) is 0.444. The lowest BCUT2D eigenvalue weighted by atomic mass is 9.95. The van der Waals surface area contributed by atoms with Crippen LogP contribution in [0.25, 0.3) is 0 Å². The Kier molecular flexibility index (Phi) is 9.28. The fourth-order valence-corrected chi connectivity index (χ4v) is 6.02. The van der Waals surface area contributed by atoms with Crippen molar-refractivity contribution in [1.29, 1.82) is 0 Å². The van der Waals surface area contributed by atoms with Gasteiger partial charge in [0.1, 0.15) is 0 Å². The summed E-state index contributed by atoms with van der Waals surface area (Å²) in [5.41, 5.74) is 0.467. The van der Waals surface area contributed by atoms with Crippen LogP contribution in [0.3, 0.4) is 0 Å². The zero-order valence-electron chi connectivity index (χ0n) is 21.6. The van der Waals surface area contributed by atoms with Crippen LogP contribution in [0.1, 0.15) is 42.0 Å². The Morgan fingerprint density at radius 1 is 1.10 bits per heavy atom. The van der Waals surface area contributed by atoms with Gasteiger partial charge in [0.25, 0.3) is 0 Å². The third kappa shape index (κ3) is 6.70. The van der Waals surface area contributed by atoms with Crippen molar-refractivity contribution in [3.05, 3.63) is 77.5 Å². The first-order chi connectivity index (χ1) is 18.9. The molecular formula is C27H30F5N3O4S. The van der Waals surface area contributed by atoms with Crippen LogP contribution < -0.4 is 0 Å². The molecular weight excluding hydrogens is 557 g/mol. The summed E-state index contributed by atoms with van der Waals surface area (Å²) < 4.78 is 94.2. The zero-order valence-corrected chi connectivity index (χ0v) is 22.4. The average molecular weight is 588 g/mol. The predicted octanol–water partition coefficient (Wildman–Crippen LogP) is 4.81. The Morgan fingerprint density at radius 3 is 2.35 bits per heavy atom. The number of aliphatic hydroxyl groups excluding tert-OH is 1. The van der Waals surface area contributed by atoms with E-state index in [1.54, 1.807) is 42.4 Å². The number of hydrogen-bond acceptors (Lipinski definition) is 7. The van der Waals surface area contributed by atoms with Crippen molar-refractivity contribution in [2.75, 3.05) is 25.5 Å². The molecule has 0 amide bonds. The smallest absolute Gasteiger partial charge is 0.394 e. The topological polar surface area (TPSA) is 82.4 Å². The molecule has 2 aliphatic rings. The van der Waals surface area contributed by atoms with Crippen molar-refractivity contribution in [3.8, 4) is 0 Å². The molecule has 0 aromatic heterocycles. The second-order valence-corrected chi connectivity index (χ2v) is 11.9. The van der Waals surface area contributed by atoms with E-state index in [9.17, 15) is 35.5 Å². The van der Waals surface area contributed by atoms with Crippen molar-refractivity contribution in [3.63, 3.8) is 0 Å². The van der Waals surface area contributed by atoms with Crippen LogP contribution in [0, 0.1) is 0 Å². The fourth-order valence-electron chi connectivity index (χ4n) is 5.13. The molecule has 2 unspecified atom stereocenters. The number of benzene rings is 2. The maximum Gasteiger partial charge on any atom is 0.416 e. The first-order valence-corrected chi connectivity index (χ1v) is 14.3. The van der Waals surface area contributed by atoms with Gasteiger partial charge in [-0.15, -0.1) is 0 Å². The van der Waals surface area contributed by atoms with Gasteiger partial charge in [-0.05, 0) is 53.8 Å². The minimum Gasteiger partial charge on any atom is -0.394 e. The summed E-state index contributed by atoms with van der Waals surface area (Å²) in [5, 5.41) is 10.4. The van der Waals surface area contributed by atoms with E-state index < -0.39 is 46.6 Å². The molecule has 0 aliphatic carbocycles. The van der Waals surface area contributed by atoms with E-state index in [1.165, 1.54) is 24.3 Å². The summed E-state index contributed by atoms with van der Waals surface area (Å²) >= 11 is 0. The lowest BCUT2D eigenvalue weighted by Gasteiger charge is -2.42. The molecule has 0 bridgehead atoms. The van der Waals surface area contributed by atoms with E-state index in [2.05, 4.69) is 9.73 Å². The number of alkyl halides is 5. The number of allylic oxidation sites excluding steroid dienone is 1. The maximum atomic E-state index is 13.1. The monoisotopic (exact) mass is 587 g/mol. The van der Waals surface area contributed by atoms with Gasteiger partial charge in [-0.2, -0.15) is 22.0 Å². The van der Waals surface area contributed by atoms with Crippen LogP contribution in [-0.2, 0) is 20.8 Å². The molecule has 1 fully saturated rings. The number of halogens is 5. The minimum atomic E-state index is -4.48. The van der Waals surface area contributed by atoms with Gasteiger partial charge in [0.15, 0.2) is 16.1 Å². The number of aliphatic hydroxyl groups is 1. The highest BCUT2D eigenvalue weighted by Gasteiger charge is 2.41. The number of nitrogens with zero attached hydrogens (tertiary/aromatic N) is 3. The molecule has 40 heavy (non-hydrogen) atoms. The van der Waals surface area contributed by atoms with Gasteiger partial charge in [0.2, 0.25) is 0 Å². The molecule has 4 rings (SSSR count). The van der Waals surface area contributed by atoms with Gasteiger partial charge >= 0.3 is 12.8 Å². The molecule has 2 aromatic rings. The summed E-state index contributed by atoms with van der Waals surface area (Å²) in [6.45, 7) is -1.85. The Bertz CT molecular complexity index is 1300. The van der Waals surface area contributed by atoms with E-state index in [0.29, 0.717) is 24.1 Å². The molecule has 0 spiro atoms. The van der Waals surface area contributed by atoms with Crippen LogP contribution >= 0.6 is 0 Å².